The first kappa shape index (κ1) is 15.2. The van der Waals surface area contributed by atoms with Crippen molar-refractivity contribution in [3.8, 4) is 0 Å². The van der Waals surface area contributed by atoms with Crippen molar-refractivity contribution in [3.05, 3.63) is 35.9 Å². The van der Waals surface area contributed by atoms with Gasteiger partial charge in [-0.2, -0.15) is 0 Å². The molecule has 0 aliphatic heterocycles. The predicted molar refractivity (Wildman–Crippen MR) is 72.2 cm³/mol. The number of aliphatic hydroxyl groups excluding tert-OH is 1. The third-order valence-electron chi connectivity index (χ3n) is 3.04. The second-order valence-electron chi connectivity index (χ2n) is 5.35. The molecule has 0 saturated heterocycles. The van der Waals surface area contributed by atoms with Crippen molar-refractivity contribution in [1.82, 2.24) is 0 Å². The summed E-state index contributed by atoms with van der Waals surface area (Å²) in [5.41, 5.74) is 0.103. The first-order chi connectivity index (χ1) is 8.39. The van der Waals surface area contributed by atoms with Gasteiger partial charge in [-0.05, 0) is 39.2 Å². The molecule has 0 heterocycles. The monoisotopic (exact) mass is 252 g/mol. The lowest BCUT2D eigenvalue weighted by Crippen LogP contribution is -2.36. The molecule has 1 aromatic carbocycles. The summed E-state index contributed by atoms with van der Waals surface area (Å²) in [5.74, 6) is 0. The molecule has 0 saturated carbocycles. The molecule has 2 N–H and O–H groups in total. The van der Waals surface area contributed by atoms with E-state index >= 15 is 0 Å². The topological polar surface area (TPSA) is 49.7 Å². The number of rotatable bonds is 7. The molecule has 0 aliphatic carbocycles. The van der Waals surface area contributed by atoms with Gasteiger partial charge in [-0.3, -0.25) is 0 Å². The number of hydrogen-bond acceptors (Lipinski definition) is 3. The van der Waals surface area contributed by atoms with Crippen LogP contribution in [0.15, 0.2) is 30.3 Å². The van der Waals surface area contributed by atoms with E-state index in [0.717, 1.165) is 12.0 Å². The maximum atomic E-state index is 9.71. The Morgan fingerprint density at radius 1 is 1.17 bits per heavy atom. The van der Waals surface area contributed by atoms with Gasteiger partial charge in [-0.15, -0.1) is 0 Å². The fraction of sp³-hybridized carbons (Fsp3) is 0.600. The van der Waals surface area contributed by atoms with Crippen molar-refractivity contribution in [3.63, 3.8) is 0 Å². The average Bonchev–Trinajstić information content (AvgIpc) is 2.33. The summed E-state index contributed by atoms with van der Waals surface area (Å²) in [5, 5.41) is 19.3. The minimum absolute atomic E-state index is 0.0715. The molecule has 0 spiro atoms. The van der Waals surface area contributed by atoms with Crippen LogP contribution in [0.25, 0.3) is 0 Å². The lowest BCUT2D eigenvalue weighted by molar-refractivity contribution is -0.0594. The highest BCUT2D eigenvalue weighted by Gasteiger charge is 2.24. The van der Waals surface area contributed by atoms with Gasteiger partial charge in [-0.1, -0.05) is 30.3 Å². The summed E-state index contributed by atoms with van der Waals surface area (Å²) in [4.78, 5) is 0. The van der Waals surface area contributed by atoms with E-state index < -0.39 is 11.7 Å². The third kappa shape index (κ3) is 5.63. The smallest absolute Gasteiger partial charge is 0.0849 e. The fourth-order valence-electron chi connectivity index (χ4n) is 1.64. The molecule has 2 unspecified atom stereocenters. The molecule has 0 fully saturated rings. The van der Waals surface area contributed by atoms with Crippen LogP contribution in [0.3, 0.4) is 0 Å². The summed E-state index contributed by atoms with van der Waals surface area (Å²) in [6.07, 6.45) is 0.639. The average molecular weight is 252 g/mol. The van der Waals surface area contributed by atoms with E-state index in [0.29, 0.717) is 13.0 Å². The minimum atomic E-state index is -1.04. The van der Waals surface area contributed by atoms with Gasteiger partial charge in [-0.25, -0.2) is 0 Å². The molecule has 2 atom stereocenters. The van der Waals surface area contributed by atoms with E-state index in [9.17, 15) is 10.2 Å². The van der Waals surface area contributed by atoms with Crippen LogP contribution >= 0.6 is 0 Å². The van der Waals surface area contributed by atoms with Crippen LogP contribution in [0, 0.1) is 0 Å². The van der Waals surface area contributed by atoms with Crippen LogP contribution in [0.1, 0.15) is 39.2 Å². The fourth-order valence-corrected chi connectivity index (χ4v) is 1.64. The summed E-state index contributed by atoms with van der Waals surface area (Å²) in [6.45, 7) is 5.81. The summed E-state index contributed by atoms with van der Waals surface area (Å²) in [6, 6.07) is 10.0. The third-order valence-corrected chi connectivity index (χ3v) is 3.04. The number of benzene rings is 1. The lowest BCUT2D eigenvalue weighted by atomic mass is 9.96. The van der Waals surface area contributed by atoms with Gasteiger partial charge >= 0.3 is 0 Å². The van der Waals surface area contributed by atoms with Crippen molar-refractivity contribution in [1.29, 1.82) is 0 Å². The Morgan fingerprint density at radius 3 is 2.33 bits per heavy atom. The molecule has 3 heteroatoms. The van der Waals surface area contributed by atoms with Gasteiger partial charge < -0.3 is 14.9 Å². The Bertz CT molecular complexity index is 329. The number of aliphatic hydroxyl groups is 2. The van der Waals surface area contributed by atoms with E-state index in [1.54, 1.807) is 13.8 Å². The highest BCUT2D eigenvalue weighted by molar-refractivity contribution is 5.13. The predicted octanol–water partition coefficient (Wildman–Crippen LogP) is 2.50. The van der Waals surface area contributed by atoms with Gasteiger partial charge in [0.15, 0.2) is 0 Å². The summed E-state index contributed by atoms with van der Waals surface area (Å²) >= 11 is 0. The van der Waals surface area contributed by atoms with Crippen LogP contribution in [-0.4, -0.2) is 28.0 Å². The second-order valence-corrected chi connectivity index (χ2v) is 5.35. The zero-order chi connectivity index (χ0) is 13.6. The van der Waals surface area contributed by atoms with Crippen molar-refractivity contribution in [2.75, 3.05) is 0 Å². The van der Waals surface area contributed by atoms with Crippen molar-refractivity contribution < 1.29 is 14.9 Å². The van der Waals surface area contributed by atoms with E-state index in [1.165, 1.54) is 0 Å². The molecule has 0 radical (unpaired) electrons. The van der Waals surface area contributed by atoms with Crippen molar-refractivity contribution >= 4 is 0 Å². The van der Waals surface area contributed by atoms with Crippen molar-refractivity contribution in [2.45, 2.75) is 58.0 Å². The van der Waals surface area contributed by atoms with Crippen LogP contribution in [0.2, 0.25) is 0 Å². The number of ether oxygens (including phenoxy) is 1. The molecular formula is C15H24O3. The van der Waals surface area contributed by atoms with E-state index in [2.05, 4.69) is 0 Å². The van der Waals surface area contributed by atoms with Crippen LogP contribution in [-0.2, 0) is 11.3 Å². The van der Waals surface area contributed by atoms with E-state index in [1.807, 2.05) is 37.3 Å². The maximum absolute atomic E-state index is 9.71. The largest absolute Gasteiger partial charge is 0.390 e. The maximum Gasteiger partial charge on any atom is 0.0849 e. The first-order valence-electron chi connectivity index (χ1n) is 6.45. The van der Waals surface area contributed by atoms with Gasteiger partial charge in [0.2, 0.25) is 0 Å². The quantitative estimate of drug-likeness (QED) is 0.784. The Hall–Kier alpha value is -0.900. The SMILES string of the molecule is CC(CCC(O)C(C)(C)O)OCc1ccccc1. The molecule has 0 amide bonds. The molecule has 0 aliphatic rings. The van der Waals surface area contributed by atoms with Gasteiger partial charge in [0.1, 0.15) is 0 Å². The second kappa shape index (κ2) is 6.88. The van der Waals surface area contributed by atoms with E-state index in [4.69, 9.17) is 4.74 Å². The standard InChI is InChI=1S/C15H24O3/c1-12(9-10-14(16)15(2,3)17)18-11-13-7-5-4-6-8-13/h4-8,12,14,16-17H,9-11H2,1-3H3. The molecule has 0 aromatic heterocycles. The normalized spacial score (nSPS) is 15.4. The molecule has 102 valence electrons. The molecule has 1 aromatic rings. The Kier molecular flexibility index (Phi) is 5.79. The first-order valence-corrected chi connectivity index (χ1v) is 6.45. The van der Waals surface area contributed by atoms with Crippen molar-refractivity contribution in [2.24, 2.45) is 0 Å². The highest BCUT2D eigenvalue weighted by atomic mass is 16.5. The summed E-state index contributed by atoms with van der Waals surface area (Å²) < 4.78 is 5.70. The molecule has 3 nitrogen and oxygen atoms in total. The van der Waals surface area contributed by atoms with Crippen LogP contribution in [0.4, 0.5) is 0 Å². The molecule has 18 heavy (non-hydrogen) atoms. The Balaban J connectivity index is 2.24. The summed E-state index contributed by atoms with van der Waals surface area (Å²) in [7, 11) is 0. The zero-order valence-electron chi connectivity index (χ0n) is 11.5. The van der Waals surface area contributed by atoms with E-state index in [-0.39, 0.29) is 6.10 Å². The van der Waals surface area contributed by atoms with Crippen LogP contribution in [0.5, 0.6) is 0 Å². The van der Waals surface area contributed by atoms with Gasteiger partial charge in [0.05, 0.1) is 24.4 Å². The zero-order valence-corrected chi connectivity index (χ0v) is 11.5. The minimum Gasteiger partial charge on any atom is -0.390 e. The Morgan fingerprint density at radius 2 is 1.78 bits per heavy atom. The highest BCUT2D eigenvalue weighted by Crippen LogP contribution is 2.16. The van der Waals surface area contributed by atoms with Gasteiger partial charge in [0.25, 0.3) is 0 Å². The Labute approximate surface area is 109 Å². The van der Waals surface area contributed by atoms with Crippen LogP contribution < -0.4 is 0 Å². The molecule has 1 rings (SSSR count). The molecule has 0 bridgehead atoms. The number of hydrogen-bond donors (Lipinski definition) is 2. The lowest BCUT2D eigenvalue weighted by Gasteiger charge is -2.25. The molecular weight excluding hydrogens is 228 g/mol. The van der Waals surface area contributed by atoms with Gasteiger partial charge in [0, 0.05) is 0 Å².